The highest BCUT2D eigenvalue weighted by molar-refractivity contribution is 7.54. The van der Waals surface area contributed by atoms with E-state index in [0.29, 0.717) is 5.56 Å². The maximum Gasteiger partial charge on any atom is 0.416 e. The van der Waals surface area contributed by atoms with Crippen LogP contribution in [0.2, 0.25) is 0 Å². The highest BCUT2D eigenvalue weighted by Crippen LogP contribution is 2.62. The molecule has 1 N–H and O–H groups in total. The van der Waals surface area contributed by atoms with Crippen LogP contribution >= 0.6 is 7.60 Å². The first-order chi connectivity index (χ1) is 13.4. The Hall–Kier alpha value is -1.82. The van der Waals surface area contributed by atoms with E-state index in [0.717, 1.165) is 17.7 Å². The maximum absolute atomic E-state index is 13.8. The number of benzene rings is 2. The standard InChI is InChI=1S/C21H27F3NO3P/c1-14(2)27-29(26,28-15(3)4)20(17-9-6-8-16(5)12-17)25-19-11-7-10-18(13-19)21(22,23)24/h6-15,20,25H,1-5H3/t20-/m0/s1. The lowest BCUT2D eigenvalue weighted by Gasteiger charge is -2.31. The lowest BCUT2D eigenvalue weighted by molar-refractivity contribution is -0.137. The minimum Gasteiger partial charge on any atom is -0.368 e. The second kappa shape index (κ2) is 9.33. The lowest BCUT2D eigenvalue weighted by atomic mass is 10.1. The predicted octanol–water partition coefficient (Wildman–Crippen LogP) is 7.17. The molecule has 4 nitrogen and oxygen atoms in total. The van der Waals surface area contributed by atoms with Gasteiger partial charge in [-0.25, -0.2) is 0 Å². The van der Waals surface area contributed by atoms with Gasteiger partial charge >= 0.3 is 13.8 Å². The van der Waals surface area contributed by atoms with Crippen LogP contribution in [0.1, 0.15) is 50.2 Å². The molecule has 0 aliphatic rings. The molecular weight excluding hydrogens is 402 g/mol. The van der Waals surface area contributed by atoms with Crippen LogP contribution in [0.5, 0.6) is 0 Å². The van der Waals surface area contributed by atoms with Crippen LogP contribution in [-0.2, 0) is 19.8 Å². The Labute approximate surface area is 170 Å². The summed E-state index contributed by atoms with van der Waals surface area (Å²) in [6, 6.07) is 12.0. The van der Waals surface area contributed by atoms with E-state index in [1.165, 1.54) is 12.1 Å². The summed E-state index contributed by atoms with van der Waals surface area (Å²) < 4.78 is 64.6. The number of halogens is 3. The molecule has 0 heterocycles. The van der Waals surface area contributed by atoms with Gasteiger partial charge in [-0.1, -0.05) is 35.9 Å². The van der Waals surface area contributed by atoms with Crippen molar-refractivity contribution in [1.82, 2.24) is 0 Å². The molecule has 0 bridgehead atoms. The van der Waals surface area contributed by atoms with E-state index in [-0.39, 0.29) is 5.69 Å². The van der Waals surface area contributed by atoms with Crippen molar-refractivity contribution in [3.05, 3.63) is 65.2 Å². The monoisotopic (exact) mass is 429 g/mol. The van der Waals surface area contributed by atoms with Crippen LogP contribution in [0.15, 0.2) is 48.5 Å². The molecular formula is C21H27F3NO3P. The van der Waals surface area contributed by atoms with Gasteiger partial charge in [0.2, 0.25) is 0 Å². The number of hydrogen-bond donors (Lipinski definition) is 1. The van der Waals surface area contributed by atoms with Gasteiger partial charge < -0.3 is 14.4 Å². The van der Waals surface area contributed by atoms with Gasteiger partial charge in [0.1, 0.15) is 0 Å². The van der Waals surface area contributed by atoms with Crippen molar-refractivity contribution in [1.29, 1.82) is 0 Å². The van der Waals surface area contributed by atoms with Crippen molar-refractivity contribution in [2.24, 2.45) is 0 Å². The van der Waals surface area contributed by atoms with Crippen molar-refractivity contribution >= 4 is 13.3 Å². The molecule has 1 atom stereocenters. The van der Waals surface area contributed by atoms with E-state index in [9.17, 15) is 17.7 Å². The number of rotatable bonds is 8. The number of aryl methyl sites for hydroxylation is 1. The van der Waals surface area contributed by atoms with E-state index >= 15 is 0 Å². The largest absolute Gasteiger partial charge is 0.416 e. The molecule has 0 spiro atoms. The Kier molecular flexibility index (Phi) is 7.55. The van der Waals surface area contributed by atoms with Crippen molar-refractivity contribution in [3.63, 3.8) is 0 Å². The molecule has 160 valence electrons. The molecule has 2 aromatic rings. The maximum atomic E-state index is 13.8. The van der Waals surface area contributed by atoms with Gasteiger partial charge in [0.25, 0.3) is 0 Å². The Balaban J connectivity index is 2.54. The smallest absolute Gasteiger partial charge is 0.368 e. The van der Waals surface area contributed by atoms with Crippen molar-refractivity contribution in [2.75, 3.05) is 5.32 Å². The quantitative estimate of drug-likeness (QED) is 0.452. The molecule has 0 aromatic heterocycles. The van der Waals surface area contributed by atoms with Gasteiger partial charge in [-0.2, -0.15) is 13.2 Å². The molecule has 0 saturated heterocycles. The molecule has 2 aromatic carbocycles. The average Bonchev–Trinajstić information content (AvgIpc) is 2.57. The topological polar surface area (TPSA) is 47.6 Å². The Bertz CT molecular complexity index is 854. The molecule has 0 saturated carbocycles. The second-order valence-electron chi connectivity index (χ2n) is 7.39. The zero-order valence-corrected chi connectivity index (χ0v) is 18.1. The molecule has 0 amide bonds. The number of nitrogens with one attached hydrogen (secondary N) is 1. The third-order valence-corrected chi connectivity index (χ3v) is 6.37. The summed E-state index contributed by atoms with van der Waals surface area (Å²) in [5.74, 6) is -0.976. The van der Waals surface area contributed by atoms with E-state index < -0.39 is 37.3 Å². The first kappa shape index (κ1) is 23.5. The fourth-order valence-electron chi connectivity index (χ4n) is 2.86. The van der Waals surface area contributed by atoms with Gasteiger partial charge in [-0.3, -0.25) is 4.57 Å². The zero-order valence-electron chi connectivity index (χ0n) is 17.2. The molecule has 8 heteroatoms. The normalized spacial score (nSPS) is 13.7. The molecule has 0 aliphatic carbocycles. The van der Waals surface area contributed by atoms with Crippen LogP contribution in [-0.4, -0.2) is 12.2 Å². The highest BCUT2D eigenvalue weighted by Gasteiger charge is 2.40. The minimum absolute atomic E-state index is 0.172. The zero-order chi connectivity index (χ0) is 21.8. The molecule has 0 radical (unpaired) electrons. The summed E-state index contributed by atoms with van der Waals surface area (Å²) in [6.07, 6.45) is -5.30. The van der Waals surface area contributed by atoms with Crippen molar-refractivity contribution in [2.45, 2.75) is 58.8 Å². The third-order valence-electron chi connectivity index (χ3n) is 3.88. The number of anilines is 1. The second-order valence-corrected chi connectivity index (χ2v) is 9.41. The van der Waals surface area contributed by atoms with Gasteiger partial charge in [0.15, 0.2) is 5.78 Å². The summed E-state index contributed by atoms with van der Waals surface area (Å²) in [4.78, 5) is 0. The predicted molar refractivity (Wildman–Crippen MR) is 109 cm³/mol. The van der Waals surface area contributed by atoms with Crippen molar-refractivity contribution in [3.8, 4) is 0 Å². The fraction of sp³-hybridized carbons (Fsp3) is 0.429. The fourth-order valence-corrected chi connectivity index (χ4v) is 5.16. The van der Waals surface area contributed by atoms with Crippen LogP contribution in [0.4, 0.5) is 18.9 Å². The summed E-state index contributed by atoms with van der Waals surface area (Å²) in [7, 11) is -3.80. The Morgan fingerprint density at radius 1 is 0.931 bits per heavy atom. The van der Waals surface area contributed by atoms with Crippen LogP contribution in [0.3, 0.4) is 0 Å². The summed E-state index contributed by atoms with van der Waals surface area (Å²) >= 11 is 0. The molecule has 0 unspecified atom stereocenters. The summed E-state index contributed by atoms with van der Waals surface area (Å²) in [5, 5.41) is 2.97. The molecule has 2 rings (SSSR count). The number of hydrogen-bond acceptors (Lipinski definition) is 4. The van der Waals surface area contributed by atoms with Gasteiger partial charge in [0, 0.05) is 5.69 Å². The van der Waals surface area contributed by atoms with Crippen LogP contribution in [0.25, 0.3) is 0 Å². The van der Waals surface area contributed by atoms with E-state index in [1.807, 2.05) is 19.1 Å². The SMILES string of the molecule is Cc1cccc([C@@H](Nc2cccc(C(F)(F)F)c2)P(=O)(OC(C)C)OC(C)C)c1. The Morgan fingerprint density at radius 3 is 2.03 bits per heavy atom. The van der Waals surface area contributed by atoms with Gasteiger partial charge in [0.05, 0.1) is 17.8 Å². The van der Waals surface area contributed by atoms with E-state index in [2.05, 4.69) is 5.32 Å². The minimum atomic E-state index is -4.48. The van der Waals surface area contributed by atoms with Crippen LogP contribution in [0, 0.1) is 6.92 Å². The summed E-state index contributed by atoms with van der Waals surface area (Å²) in [5.41, 5.74) is 0.896. The lowest BCUT2D eigenvalue weighted by Crippen LogP contribution is -2.19. The van der Waals surface area contributed by atoms with E-state index in [1.54, 1.807) is 39.8 Å². The molecule has 0 fully saturated rings. The molecule has 29 heavy (non-hydrogen) atoms. The third kappa shape index (κ3) is 6.59. The van der Waals surface area contributed by atoms with Crippen LogP contribution < -0.4 is 5.32 Å². The van der Waals surface area contributed by atoms with E-state index in [4.69, 9.17) is 9.05 Å². The first-order valence-corrected chi connectivity index (χ1v) is 11.0. The summed E-state index contributed by atoms with van der Waals surface area (Å²) in [6.45, 7) is 8.80. The van der Waals surface area contributed by atoms with Gasteiger partial charge in [-0.05, 0) is 58.4 Å². The first-order valence-electron chi connectivity index (χ1n) is 9.37. The number of alkyl halides is 3. The highest BCUT2D eigenvalue weighted by atomic mass is 31.2. The Morgan fingerprint density at radius 2 is 1.52 bits per heavy atom. The van der Waals surface area contributed by atoms with Gasteiger partial charge in [-0.15, -0.1) is 0 Å². The average molecular weight is 429 g/mol. The molecule has 0 aliphatic heterocycles. The van der Waals surface area contributed by atoms with Crippen molar-refractivity contribution < 1.29 is 26.8 Å².